The fraction of sp³-hybridized carbons (Fsp3) is 0.889. The SMILES string of the molecule is CCOC(=O)NS(=O)(=O)NCC(Cl)CC(C)C. The fourth-order valence-corrected chi connectivity index (χ4v) is 2.40. The van der Waals surface area contributed by atoms with Crippen molar-refractivity contribution < 1.29 is 17.9 Å². The molecule has 0 saturated heterocycles. The molecule has 0 aliphatic heterocycles. The van der Waals surface area contributed by atoms with Crippen molar-refractivity contribution >= 4 is 27.9 Å². The van der Waals surface area contributed by atoms with Crippen molar-refractivity contribution in [1.82, 2.24) is 9.44 Å². The van der Waals surface area contributed by atoms with Gasteiger partial charge in [-0.2, -0.15) is 13.1 Å². The Bertz CT molecular complexity index is 332. The average Bonchev–Trinajstić information content (AvgIpc) is 2.13. The van der Waals surface area contributed by atoms with Crippen molar-refractivity contribution in [1.29, 1.82) is 0 Å². The summed E-state index contributed by atoms with van der Waals surface area (Å²) >= 11 is 5.91. The minimum atomic E-state index is -3.89. The van der Waals surface area contributed by atoms with Crippen LogP contribution in [0, 0.1) is 5.92 Å². The molecule has 0 bridgehead atoms. The minimum Gasteiger partial charge on any atom is -0.449 e. The van der Waals surface area contributed by atoms with Crippen LogP contribution in [-0.2, 0) is 14.9 Å². The number of alkyl halides is 1. The van der Waals surface area contributed by atoms with Gasteiger partial charge in [0.25, 0.3) is 0 Å². The maximum Gasteiger partial charge on any atom is 0.421 e. The van der Waals surface area contributed by atoms with Crippen molar-refractivity contribution in [2.24, 2.45) is 5.92 Å². The average molecular weight is 287 g/mol. The van der Waals surface area contributed by atoms with Crippen LogP contribution >= 0.6 is 11.6 Å². The molecule has 0 aromatic carbocycles. The van der Waals surface area contributed by atoms with Gasteiger partial charge in [0.05, 0.1) is 6.61 Å². The van der Waals surface area contributed by atoms with Crippen molar-refractivity contribution in [3.05, 3.63) is 0 Å². The highest BCUT2D eigenvalue weighted by Crippen LogP contribution is 2.09. The molecule has 0 aliphatic carbocycles. The number of carbonyl (C=O) groups excluding carboxylic acids is 1. The van der Waals surface area contributed by atoms with E-state index in [9.17, 15) is 13.2 Å². The molecule has 0 rings (SSSR count). The first-order valence-corrected chi connectivity index (χ1v) is 7.27. The molecule has 0 aliphatic rings. The predicted molar refractivity (Wildman–Crippen MR) is 66.2 cm³/mol. The van der Waals surface area contributed by atoms with E-state index in [2.05, 4.69) is 9.46 Å². The summed E-state index contributed by atoms with van der Waals surface area (Å²) in [6.45, 7) is 5.72. The Kier molecular flexibility index (Phi) is 7.49. The summed E-state index contributed by atoms with van der Waals surface area (Å²) in [4.78, 5) is 10.9. The van der Waals surface area contributed by atoms with Crippen LogP contribution in [0.1, 0.15) is 27.2 Å². The van der Waals surface area contributed by atoms with Gasteiger partial charge in [-0.25, -0.2) is 9.52 Å². The molecule has 0 heterocycles. The van der Waals surface area contributed by atoms with Crippen LogP contribution in [0.15, 0.2) is 0 Å². The lowest BCUT2D eigenvalue weighted by Crippen LogP contribution is -2.42. The van der Waals surface area contributed by atoms with Gasteiger partial charge in [-0.05, 0) is 19.3 Å². The standard InChI is InChI=1S/C9H19ClN2O4S/c1-4-16-9(13)12-17(14,15)11-6-8(10)5-7(2)3/h7-8,11H,4-6H2,1-3H3,(H,12,13). The second-order valence-electron chi connectivity index (χ2n) is 3.90. The molecule has 2 N–H and O–H groups in total. The summed E-state index contributed by atoms with van der Waals surface area (Å²) in [5.41, 5.74) is 0. The second-order valence-corrected chi connectivity index (χ2v) is 6.02. The van der Waals surface area contributed by atoms with E-state index in [0.29, 0.717) is 12.3 Å². The summed E-state index contributed by atoms with van der Waals surface area (Å²) in [6.07, 6.45) is -0.321. The van der Waals surface area contributed by atoms with E-state index < -0.39 is 16.3 Å². The highest BCUT2D eigenvalue weighted by Gasteiger charge is 2.16. The molecule has 0 saturated carbocycles. The number of nitrogens with one attached hydrogen (secondary N) is 2. The second kappa shape index (κ2) is 7.73. The van der Waals surface area contributed by atoms with Gasteiger partial charge in [0, 0.05) is 11.9 Å². The van der Waals surface area contributed by atoms with E-state index in [0.717, 1.165) is 0 Å². The minimum absolute atomic E-state index is 0.0640. The number of carbonyl (C=O) groups is 1. The number of hydrogen-bond donors (Lipinski definition) is 2. The Balaban J connectivity index is 4.05. The van der Waals surface area contributed by atoms with E-state index in [1.165, 1.54) is 0 Å². The monoisotopic (exact) mass is 286 g/mol. The highest BCUT2D eigenvalue weighted by molar-refractivity contribution is 7.88. The fourth-order valence-electron chi connectivity index (χ4n) is 1.10. The molecular formula is C9H19ClN2O4S. The van der Waals surface area contributed by atoms with Crippen molar-refractivity contribution in [3.8, 4) is 0 Å². The van der Waals surface area contributed by atoms with Crippen molar-refractivity contribution in [2.75, 3.05) is 13.2 Å². The first-order chi connectivity index (χ1) is 7.76. The number of rotatable bonds is 7. The van der Waals surface area contributed by atoms with E-state index in [4.69, 9.17) is 11.6 Å². The normalized spacial score (nSPS) is 13.5. The lowest BCUT2D eigenvalue weighted by molar-refractivity contribution is 0.158. The largest absolute Gasteiger partial charge is 0.449 e. The Labute approximate surface area is 107 Å². The third kappa shape index (κ3) is 9.20. The zero-order valence-corrected chi connectivity index (χ0v) is 11.8. The zero-order chi connectivity index (χ0) is 13.5. The molecule has 0 radical (unpaired) electrons. The van der Waals surface area contributed by atoms with E-state index in [-0.39, 0.29) is 18.5 Å². The van der Waals surface area contributed by atoms with E-state index in [1.54, 1.807) is 11.6 Å². The molecule has 17 heavy (non-hydrogen) atoms. The quantitative estimate of drug-likeness (QED) is 0.689. The van der Waals surface area contributed by atoms with Crippen molar-refractivity contribution in [2.45, 2.75) is 32.6 Å². The molecule has 0 aromatic rings. The Hall–Kier alpha value is -0.530. The third-order valence-electron chi connectivity index (χ3n) is 1.72. The molecule has 1 amide bonds. The highest BCUT2D eigenvalue weighted by atomic mass is 35.5. The van der Waals surface area contributed by atoms with Crippen LogP contribution in [0.3, 0.4) is 0 Å². The van der Waals surface area contributed by atoms with Crippen LogP contribution in [0.5, 0.6) is 0 Å². The van der Waals surface area contributed by atoms with Gasteiger partial charge in [0.2, 0.25) is 0 Å². The van der Waals surface area contributed by atoms with Gasteiger partial charge < -0.3 is 4.74 Å². The van der Waals surface area contributed by atoms with Gasteiger partial charge >= 0.3 is 16.3 Å². The lowest BCUT2D eigenvalue weighted by Gasteiger charge is -2.13. The van der Waals surface area contributed by atoms with E-state index >= 15 is 0 Å². The lowest BCUT2D eigenvalue weighted by atomic mass is 10.1. The molecule has 0 fully saturated rings. The van der Waals surface area contributed by atoms with Gasteiger partial charge in [-0.1, -0.05) is 13.8 Å². The summed E-state index contributed by atoms with van der Waals surface area (Å²) in [5, 5.41) is -0.311. The molecule has 0 aromatic heterocycles. The Morgan fingerprint density at radius 1 is 1.41 bits per heavy atom. The Morgan fingerprint density at radius 2 is 2.00 bits per heavy atom. The van der Waals surface area contributed by atoms with Crippen LogP contribution in [0.25, 0.3) is 0 Å². The first-order valence-electron chi connectivity index (χ1n) is 5.35. The van der Waals surface area contributed by atoms with Gasteiger partial charge in [0.15, 0.2) is 0 Å². The number of halogens is 1. The summed E-state index contributed by atoms with van der Waals surface area (Å²) in [6, 6.07) is 0. The number of ether oxygens (including phenoxy) is 1. The van der Waals surface area contributed by atoms with E-state index in [1.807, 2.05) is 13.8 Å². The maximum absolute atomic E-state index is 11.3. The third-order valence-corrected chi connectivity index (χ3v) is 3.03. The molecule has 1 atom stereocenters. The van der Waals surface area contributed by atoms with Gasteiger partial charge in [0.1, 0.15) is 0 Å². The molecule has 0 spiro atoms. The summed E-state index contributed by atoms with van der Waals surface area (Å²) in [5.74, 6) is 0.375. The number of amides is 1. The van der Waals surface area contributed by atoms with Crippen LogP contribution < -0.4 is 9.44 Å². The molecule has 6 nitrogen and oxygen atoms in total. The topological polar surface area (TPSA) is 84.5 Å². The number of hydrogen-bond acceptors (Lipinski definition) is 4. The summed E-state index contributed by atoms with van der Waals surface area (Å²) < 4.78 is 31.0. The Morgan fingerprint density at radius 3 is 2.47 bits per heavy atom. The van der Waals surface area contributed by atoms with Crippen LogP contribution in [0.2, 0.25) is 0 Å². The van der Waals surface area contributed by atoms with Crippen molar-refractivity contribution in [3.63, 3.8) is 0 Å². The zero-order valence-electron chi connectivity index (χ0n) is 10.2. The molecule has 102 valence electrons. The molecule has 8 heteroatoms. The smallest absolute Gasteiger partial charge is 0.421 e. The first kappa shape index (κ1) is 16.5. The van der Waals surface area contributed by atoms with Gasteiger partial charge in [-0.3, -0.25) is 0 Å². The summed E-state index contributed by atoms with van der Waals surface area (Å²) in [7, 11) is -3.89. The van der Waals surface area contributed by atoms with Crippen LogP contribution in [0.4, 0.5) is 4.79 Å². The predicted octanol–water partition coefficient (Wildman–Crippen LogP) is 1.22. The van der Waals surface area contributed by atoms with Gasteiger partial charge in [-0.15, -0.1) is 11.6 Å². The van der Waals surface area contributed by atoms with Crippen LogP contribution in [-0.4, -0.2) is 33.0 Å². The molecule has 1 unspecified atom stereocenters. The molecular weight excluding hydrogens is 268 g/mol. The maximum atomic E-state index is 11.3.